The van der Waals surface area contributed by atoms with E-state index in [0.717, 1.165) is 4.68 Å². The molecule has 0 fully saturated rings. The van der Waals surface area contributed by atoms with Crippen LogP contribution in [0.3, 0.4) is 0 Å². The molecule has 0 spiro atoms. The molecule has 0 radical (unpaired) electrons. The van der Waals surface area contributed by atoms with Gasteiger partial charge in [-0.25, -0.2) is 4.68 Å². The summed E-state index contributed by atoms with van der Waals surface area (Å²) in [5.74, 6) is 0. The fourth-order valence-corrected chi connectivity index (χ4v) is 1.75. The van der Waals surface area contributed by atoms with Crippen molar-refractivity contribution < 1.29 is 13.2 Å². The molecule has 0 aliphatic rings. The fraction of sp³-hybridized carbons (Fsp3) is 0.250. The van der Waals surface area contributed by atoms with E-state index in [9.17, 15) is 13.2 Å². The molecule has 2 N–H and O–H groups in total. The van der Waals surface area contributed by atoms with E-state index in [4.69, 9.17) is 5.73 Å². The van der Waals surface area contributed by atoms with Gasteiger partial charge in [0.05, 0.1) is 11.9 Å². The van der Waals surface area contributed by atoms with Crippen LogP contribution in [0.2, 0.25) is 0 Å². The van der Waals surface area contributed by atoms with Gasteiger partial charge >= 0.3 is 6.18 Å². The second-order valence-corrected chi connectivity index (χ2v) is 3.87. The lowest BCUT2D eigenvalue weighted by Gasteiger charge is -2.12. The topological polar surface area (TPSA) is 43.8 Å². The Kier molecular flexibility index (Phi) is 3.02. The van der Waals surface area contributed by atoms with Gasteiger partial charge in [0.2, 0.25) is 0 Å². The molecule has 0 saturated heterocycles. The first kappa shape index (κ1) is 12.5. The number of alkyl halides is 3. The molecule has 0 saturated carbocycles. The Labute approximate surface area is 102 Å². The molecule has 1 aromatic heterocycles. The maximum atomic E-state index is 13.0. The van der Waals surface area contributed by atoms with E-state index in [-0.39, 0.29) is 12.0 Å². The quantitative estimate of drug-likeness (QED) is 0.838. The van der Waals surface area contributed by atoms with E-state index in [1.807, 2.05) is 0 Å². The van der Waals surface area contributed by atoms with Crippen LogP contribution in [-0.2, 0) is 12.6 Å². The van der Waals surface area contributed by atoms with Crippen molar-refractivity contribution in [2.75, 3.05) is 5.73 Å². The number of nitrogens with zero attached hydrogens (tertiary/aromatic N) is 2. The van der Waals surface area contributed by atoms with Crippen molar-refractivity contribution in [3.8, 4) is 5.69 Å². The largest absolute Gasteiger partial charge is 0.433 e. The van der Waals surface area contributed by atoms with Crippen LogP contribution >= 0.6 is 0 Å². The van der Waals surface area contributed by atoms with Crippen LogP contribution < -0.4 is 5.73 Å². The van der Waals surface area contributed by atoms with Gasteiger partial charge in [0.25, 0.3) is 0 Å². The van der Waals surface area contributed by atoms with Crippen molar-refractivity contribution in [3.05, 3.63) is 41.7 Å². The summed E-state index contributed by atoms with van der Waals surface area (Å²) in [6.07, 6.45) is -2.90. The zero-order chi connectivity index (χ0) is 13.3. The van der Waals surface area contributed by atoms with E-state index in [0.29, 0.717) is 11.4 Å². The first-order valence-corrected chi connectivity index (χ1v) is 5.43. The van der Waals surface area contributed by atoms with Crippen molar-refractivity contribution in [2.45, 2.75) is 19.5 Å². The van der Waals surface area contributed by atoms with Crippen molar-refractivity contribution in [1.82, 2.24) is 9.78 Å². The molecule has 18 heavy (non-hydrogen) atoms. The zero-order valence-corrected chi connectivity index (χ0v) is 9.70. The number of anilines is 1. The predicted octanol–water partition coefficient (Wildman–Crippen LogP) is 3.04. The minimum absolute atomic E-state index is 0.180. The highest BCUT2D eigenvalue weighted by atomic mass is 19.4. The molecule has 96 valence electrons. The lowest BCUT2D eigenvalue weighted by Crippen LogP contribution is -2.15. The summed E-state index contributed by atoms with van der Waals surface area (Å²) in [7, 11) is 0. The van der Waals surface area contributed by atoms with Gasteiger partial charge in [0.15, 0.2) is 5.69 Å². The van der Waals surface area contributed by atoms with Crippen molar-refractivity contribution in [1.29, 1.82) is 0 Å². The first-order valence-electron chi connectivity index (χ1n) is 5.43. The standard InChI is InChI=1S/C12H12F3N3/c1-2-8-7-17-18(11(8)12(13,14)15)10-5-3-9(16)4-6-10/h3-7H,2,16H2,1H3. The number of aromatic nitrogens is 2. The van der Waals surface area contributed by atoms with Gasteiger partial charge in [-0.05, 0) is 30.7 Å². The minimum Gasteiger partial charge on any atom is -0.399 e. The van der Waals surface area contributed by atoms with Crippen molar-refractivity contribution in [3.63, 3.8) is 0 Å². The molecule has 0 atom stereocenters. The van der Waals surface area contributed by atoms with Crippen LogP contribution in [0.4, 0.5) is 18.9 Å². The van der Waals surface area contributed by atoms with Crippen LogP contribution in [0.5, 0.6) is 0 Å². The maximum absolute atomic E-state index is 13.0. The summed E-state index contributed by atoms with van der Waals surface area (Å²) >= 11 is 0. The predicted molar refractivity (Wildman–Crippen MR) is 62.4 cm³/mol. The van der Waals surface area contributed by atoms with Crippen LogP contribution in [0.15, 0.2) is 30.5 Å². The zero-order valence-electron chi connectivity index (χ0n) is 9.70. The molecule has 0 aliphatic carbocycles. The summed E-state index contributed by atoms with van der Waals surface area (Å²) in [6, 6.07) is 6.11. The highest BCUT2D eigenvalue weighted by molar-refractivity contribution is 5.46. The number of hydrogen-bond acceptors (Lipinski definition) is 2. The number of nitrogen functional groups attached to an aromatic ring is 1. The molecular formula is C12H12F3N3. The van der Waals surface area contributed by atoms with Crippen molar-refractivity contribution in [2.24, 2.45) is 0 Å². The third kappa shape index (κ3) is 2.18. The van der Waals surface area contributed by atoms with Gasteiger partial charge < -0.3 is 5.73 Å². The molecule has 1 heterocycles. The van der Waals surface area contributed by atoms with E-state index in [1.165, 1.54) is 18.3 Å². The fourth-order valence-electron chi connectivity index (χ4n) is 1.75. The molecule has 6 heteroatoms. The van der Waals surface area contributed by atoms with Crippen LogP contribution in [0.1, 0.15) is 18.2 Å². The molecule has 0 amide bonds. The number of rotatable bonds is 2. The summed E-state index contributed by atoms with van der Waals surface area (Å²) in [5.41, 5.74) is 5.80. The number of aryl methyl sites for hydroxylation is 1. The second-order valence-electron chi connectivity index (χ2n) is 3.87. The van der Waals surface area contributed by atoms with E-state index < -0.39 is 11.9 Å². The number of halogens is 3. The van der Waals surface area contributed by atoms with Gasteiger partial charge in [-0.2, -0.15) is 18.3 Å². The Morgan fingerprint density at radius 2 is 1.83 bits per heavy atom. The summed E-state index contributed by atoms with van der Waals surface area (Å²) in [4.78, 5) is 0. The number of nitrogens with two attached hydrogens (primary N) is 1. The Morgan fingerprint density at radius 1 is 1.22 bits per heavy atom. The Bertz CT molecular complexity index is 541. The molecule has 2 aromatic rings. The van der Waals surface area contributed by atoms with Crippen LogP contribution in [0, 0.1) is 0 Å². The normalized spacial score (nSPS) is 11.8. The van der Waals surface area contributed by atoms with E-state index in [2.05, 4.69) is 5.10 Å². The lowest BCUT2D eigenvalue weighted by atomic mass is 10.2. The first-order chi connectivity index (χ1) is 8.43. The lowest BCUT2D eigenvalue weighted by molar-refractivity contribution is -0.143. The molecular weight excluding hydrogens is 243 g/mol. The number of benzene rings is 1. The third-order valence-electron chi connectivity index (χ3n) is 2.63. The highest BCUT2D eigenvalue weighted by Gasteiger charge is 2.37. The summed E-state index contributed by atoms with van der Waals surface area (Å²) < 4.78 is 39.9. The number of hydrogen-bond donors (Lipinski definition) is 1. The minimum atomic E-state index is -4.43. The molecule has 0 bridgehead atoms. The molecule has 0 unspecified atom stereocenters. The SMILES string of the molecule is CCc1cnn(-c2ccc(N)cc2)c1C(F)(F)F. The Hall–Kier alpha value is -1.98. The van der Waals surface area contributed by atoms with Gasteiger partial charge in [-0.15, -0.1) is 0 Å². The van der Waals surface area contributed by atoms with Gasteiger partial charge in [0.1, 0.15) is 0 Å². The molecule has 1 aromatic carbocycles. The van der Waals surface area contributed by atoms with E-state index in [1.54, 1.807) is 19.1 Å². The van der Waals surface area contributed by atoms with Crippen LogP contribution in [0.25, 0.3) is 5.69 Å². The summed E-state index contributed by atoms with van der Waals surface area (Å²) in [6.45, 7) is 1.67. The molecule has 2 rings (SSSR count). The second kappa shape index (κ2) is 4.36. The highest BCUT2D eigenvalue weighted by Crippen LogP contribution is 2.33. The molecule has 3 nitrogen and oxygen atoms in total. The Balaban J connectivity index is 2.58. The molecule has 0 aliphatic heterocycles. The smallest absolute Gasteiger partial charge is 0.399 e. The van der Waals surface area contributed by atoms with Gasteiger partial charge in [-0.3, -0.25) is 0 Å². The maximum Gasteiger partial charge on any atom is 0.433 e. The summed E-state index contributed by atoms with van der Waals surface area (Å²) in [5, 5.41) is 3.81. The monoisotopic (exact) mass is 255 g/mol. The third-order valence-corrected chi connectivity index (χ3v) is 2.63. The van der Waals surface area contributed by atoms with Crippen LogP contribution in [-0.4, -0.2) is 9.78 Å². The Morgan fingerprint density at radius 3 is 2.33 bits per heavy atom. The van der Waals surface area contributed by atoms with Crippen molar-refractivity contribution >= 4 is 5.69 Å². The average molecular weight is 255 g/mol. The average Bonchev–Trinajstić information content (AvgIpc) is 2.73. The van der Waals surface area contributed by atoms with Gasteiger partial charge in [-0.1, -0.05) is 6.92 Å². The van der Waals surface area contributed by atoms with E-state index >= 15 is 0 Å². The van der Waals surface area contributed by atoms with Gasteiger partial charge in [0, 0.05) is 11.3 Å².